The fraction of sp³-hybridized carbons (Fsp3) is 0.440. The van der Waals surface area contributed by atoms with Crippen molar-refractivity contribution in [1.82, 2.24) is 10.6 Å². The van der Waals surface area contributed by atoms with Gasteiger partial charge in [-0.1, -0.05) is 73.5 Å². The first-order chi connectivity index (χ1) is 14.2. The van der Waals surface area contributed by atoms with E-state index in [1.54, 1.807) is 0 Å². The second kappa shape index (κ2) is 9.25. The van der Waals surface area contributed by atoms with E-state index in [4.69, 9.17) is 0 Å². The average Bonchev–Trinajstić information content (AvgIpc) is 2.77. The van der Waals surface area contributed by atoms with Crippen molar-refractivity contribution >= 4 is 11.8 Å². The summed E-state index contributed by atoms with van der Waals surface area (Å²) in [5.41, 5.74) is 2.52. The van der Waals surface area contributed by atoms with Crippen LogP contribution < -0.4 is 10.6 Å². The van der Waals surface area contributed by atoms with Crippen LogP contribution in [0.25, 0.3) is 0 Å². The molecule has 0 radical (unpaired) electrons. The number of hydrogen-bond donors (Lipinski definition) is 2. The van der Waals surface area contributed by atoms with Gasteiger partial charge in [0.2, 0.25) is 11.8 Å². The van der Waals surface area contributed by atoms with Crippen molar-refractivity contribution < 1.29 is 9.59 Å². The molecule has 1 saturated heterocycles. The Balaban J connectivity index is 1.40. The van der Waals surface area contributed by atoms with Crippen molar-refractivity contribution in [2.24, 2.45) is 11.8 Å². The van der Waals surface area contributed by atoms with Gasteiger partial charge in [0.15, 0.2) is 0 Å². The molecule has 2 aliphatic rings. The third-order valence-corrected chi connectivity index (χ3v) is 6.56. The zero-order valence-electron chi connectivity index (χ0n) is 16.8. The second-order valence-corrected chi connectivity index (χ2v) is 8.39. The monoisotopic (exact) mass is 390 g/mol. The molecule has 2 aromatic carbocycles. The Hall–Kier alpha value is -2.62. The van der Waals surface area contributed by atoms with Gasteiger partial charge in [-0.2, -0.15) is 0 Å². The van der Waals surface area contributed by atoms with Gasteiger partial charge in [-0.15, -0.1) is 0 Å². The molecule has 1 aliphatic heterocycles. The predicted molar refractivity (Wildman–Crippen MR) is 114 cm³/mol. The van der Waals surface area contributed by atoms with E-state index in [2.05, 4.69) is 59.2 Å². The predicted octanol–water partition coefficient (Wildman–Crippen LogP) is 4.02. The number of hydrogen-bond acceptors (Lipinski definition) is 2. The Morgan fingerprint density at radius 3 is 2.24 bits per heavy atom. The highest BCUT2D eigenvalue weighted by Gasteiger charge is 2.41. The van der Waals surface area contributed by atoms with Crippen molar-refractivity contribution in [2.75, 3.05) is 6.54 Å². The van der Waals surface area contributed by atoms with Gasteiger partial charge >= 0.3 is 0 Å². The number of fused-ring (bicyclic) bond motifs is 1. The molecular weight excluding hydrogens is 360 g/mol. The van der Waals surface area contributed by atoms with Crippen molar-refractivity contribution in [2.45, 2.75) is 50.5 Å². The quantitative estimate of drug-likeness (QED) is 0.783. The number of nitrogens with one attached hydrogen (secondary N) is 2. The Morgan fingerprint density at radius 1 is 0.966 bits per heavy atom. The van der Waals surface area contributed by atoms with Gasteiger partial charge in [0.05, 0.1) is 5.92 Å². The number of amides is 2. The number of benzene rings is 2. The van der Waals surface area contributed by atoms with Gasteiger partial charge in [-0.05, 0) is 36.3 Å². The van der Waals surface area contributed by atoms with E-state index < -0.39 is 0 Å². The fourth-order valence-electron chi connectivity index (χ4n) is 5.09. The van der Waals surface area contributed by atoms with E-state index in [0.717, 1.165) is 32.1 Å². The lowest BCUT2D eigenvalue weighted by molar-refractivity contribution is -0.137. The van der Waals surface area contributed by atoms with Gasteiger partial charge in [0.1, 0.15) is 0 Å². The first-order valence-corrected chi connectivity index (χ1v) is 10.9. The summed E-state index contributed by atoms with van der Waals surface area (Å²) in [5.74, 6) is 0.438. The molecule has 1 saturated carbocycles. The summed E-state index contributed by atoms with van der Waals surface area (Å²) in [6.45, 7) is 0.614. The molecule has 4 nitrogen and oxygen atoms in total. The number of carbonyl (C=O) groups is 2. The topological polar surface area (TPSA) is 58.2 Å². The maximum absolute atomic E-state index is 13.0. The van der Waals surface area contributed by atoms with Crippen LogP contribution in [0.4, 0.5) is 0 Å². The first kappa shape index (κ1) is 19.7. The second-order valence-electron chi connectivity index (χ2n) is 8.39. The average molecular weight is 391 g/mol. The van der Waals surface area contributed by atoms with Crippen LogP contribution in [0.3, 0.4) is 0 Å². The minimum atomic E-state index is -0.180. The summed E-state index contributed by atoms with van der Waals surface area (Å²) in [5, 5.41) is 6.26. The maximum Gasteiger partial charge on any atom is 0.223 e. The molecule has 2 amide bonds. The summed E-state index contributed by atoms with van der Waals surface area (Å²) < 4.78 is 0. The van der Waals surface area contributed by atoms with E-state index in [1.165, 1.54) is 11.1 Å². The van der Waals surface area contributed by atoms with E-state index in [0.29, 0.717) is 18.9 Å². The van der Waals surface area contributed by atoms with Crippen LogP contribution in [0.2, 0.25) is 0 Å². The normalized spacial score (nSPS) is 23.9. The summed E-state index contributed by atoms with van der Waals surface area (Å²) in [4.78, 5) is 25.1. The van der Waals surface area contributed by atoms with E-state index in [1.807, 2.05) is 12.1 Å². The molecule has 1 heterocycles. The Labute approximate surface area is 173 Å². The highest BCUT2D eigenvalue weighted by atomic mass is 16.2. The summed E-state index contributed by atoms with van der Waals surface area (Å²) in [7, 11) is 0. The molecule has 2 fully saturated rings. The lowest BCUT2D eigenvalue weighted by Gasteiger charge is -2.40. The van der Waals surface area contributed by atoms with Crippen LogP contribution in [0, 0.1) is 11.8 Å². The number of piperidine rings is 1. The molecule has 3 unspecified atom stereocenters. The molecule has 4 heteroatoms. The minimum absolute atomic E-state index is 0.0275. The standard InChI is InChI=1S/C25H30N2O2/c28-24-17-22(21-13-7-8-14-23(21)27-24)25(29)26-16-15-20(18-9-3-1-4-10-18)19-11-5-2-6-12-19/h1-6,9-12,20-23H,7-8,13-17H2,(H,26,29)(H,27,28). The molecule has 29 heavy (non-hydrogen) atoms. The molecule has 152 valence electrons. The molecule has 1 aliphatic carbocycles. The van der Waals surface area contributed by atoms with E-state index in [9.17, 15) is 9.59 Å². The smallest absolute Gasteiger partial charge is 0.223 e. The van der Waals surface area contributed by atoms with E-state index >= 15 is 0 Å². The van der Waals surface area contributed by atoms with Gasteiger partial charge in [-0.25, -0.2) is 0 Å². The zero-order valence-corrected chi connectivity index (χ0v) is 16.8. The molecule has 0 spiro atoms. The first-order valence-electron chi connectivity index (χ1n) is 10.9. The third kappa shape index (κ3) is 4.69. The molecule has 3 atom stereocenters. The van der Waals surface area contributed by atoms with Crippen LogP contribution in [0.5, 0.6) is 0 Å². The summed E-state index contributed by atoms with van der Waals surface area (Å²) in [6, 6.07) is 21.1. The summed E-state index contributed by atoms with van der Waals surface area (Å²) >= 11 is 0. The highest BCUT2D eigenvalue weighted by Crippen LogP contribution is 2.35. The molecule has 0 bridgehead atoms. The number of rotatable bonds is 6. The van der Waals surface area contributed by atoms with Crippen molar-refractivity contribution in [3.63, 3.8) is 0 Å². The van der Waals surface area contributed by atoms with Crippen molar-refractivity contribution in [3.05, 3.63) is 71.8 Å². The largest absolute Gasteiger partial charge is 0.356 e. The number of carbonyl (C=O) groups excluding carboxylic acids is 2. The zero-order chi connectivity index (χ0) is 20.1. The van der Waals surface area contributed by atoms with Gasteiger partial charge in [0.25, 0.3) is 0 Å². The third-order valence-electron chi connectivity index (χ3n) is 6.56. The minimum Gasteiger partial charge on any atom is -0.356 e. The molecule has 2 aromatic rings. The van der Waals surface area contributed by atoms with Crippen molar-refractivity contribution in [3.8, 4) is 0 Å². The van der Waals surface area contributed by atoms with Crippen LogP contribution >= 0.6 is 0 Å². The molecular formula is C25H30N2O2. The maximum atomic E-state index is 13.0. The van der Waals surface area contributed by atoms with Crippen LogP contribution in [-0.2, 0) is 9.59 Å². The Morgan fingerprint density at radius 2 is 1.59 bits per heavy atom. The van der Waals surface area contributed by atoms with Gasteiger partial charge in [0, 0.05) is 24.9 Å². The Bertz CT molecular complexity index is 782. The van der Waals surface area contributed by atoms with Crippen LogP contribution in [0.1, 0.15) is 55.6 Å². The van der Waals surface area contributed by atoms with Gasteiger partial charge < -0.3 is 10.6 Å². The van der Waals surface area contributed by atoms with Crippen LogP contribution in [-0.4, -0.2) is 24.4 Å². The highest BCUT2D eigenvalue weighted by molar-refractivity contribution is 5.87. The molecule has 0 aromatic heterocycles. The molecule has 2 N–H and O–H groups in total. The van der Waals surface area contributed by atoms with Crippen LogP contribution in [0.15, 0.2) is 60.7 Å². The molecule has 4 rings (SSSR count). The van der Waals surface area contributed by atoms with E-state index in [-0.39, 0.29) is 29.7 Å². The Kier molecular flexibility index (Phi) is 6.28. The van der Waals surface area contributed by atoms with Crippen molar-refractivity contribution in [1.29, 1.82) is 0 Å². The van der Waals surface area contributed by atoms with Gasteiger partial charge in [-0.3, -0.25) is 9.59 Å². The fourth-order valence-corrected chi connectivity index (χ4v) is 5.09. The SMILES string of the molecule is O=C1CC(C(=O)NCCC(c2ccccc2)c2ccccc2)C2CCCCC2N1. The lowest BCUT2D eigenvalue weighted by atomic mass is 9.72. The lowest BCUT2D eigenvalue weighted by Crippen LogP contribution is -2.54. The summed E-state index contributed by atoms with van der Waals surface area (Å²) in [6.07, 6.45) is 5.51.